The van der Waals surface area contributed by atoms with Crippen molar-refractivity contribution in [1.82, 2.24) is 4.98 Å². The largest absolute Gasteiger partial charge is 0.340 e. The number of nitrogens with zero attached hydrogens (tertiary/aromatic N) is 1. The van der Waals surface area contributed by atoms with E-state index in [9.17, 15) is 4.79 Å². The maximum Gasteiger partial charge on any atom is 0.228 e. The summed E-state index contributed by atoms with van der Waals surface area (Å²) in [6.07, 6.45) is 1.97. The Morgan fingerprint density at radius 3 is 2.33 bits per heavy atom. The van der Waals surface area contributed by atoms with Crippen molar-refractivity contribution in [2.75, 3.05) is 10.6 Å². The van der Waals surface area contributed by atoms with Crippen molar-refractivity contribution in [1.29, 1.82) is 0 Å². The lowest BCUT2D eigenvalue weighted by Crippen LogP contribution is -2.14. The van der Waals surface area contributed by atoms with Crippen molar-refractivity contribution in [2.45, 2.75) is 6.42 Å². The van der Waals surface area contributed by atoms with Gasteiger partial charge in [0.2, 0.25) is 5.91 Å². The fraction of sp³-hybridized carbons (Fsp3) is 0.0526. The Balaban J connectivity index is 1.57. The van der Waals surface area contributed by atoms with Crippen molar-refractivity contribution in [3.8, 4) is 0 Å². The van der Waals surface area contributed by atoms with Crippen LogP contribution < -0.4 is 10.6 Å². The number of carbonyl (C=O) groups is 1. The van der Waals surface area contributed by atoms with Crippen LogP contribution in [0.25, 0.3) is 0 Å². The zero-order valence-corrected chi connectivity index (χ0v) is 14.5. The van der Waals surface area contributed by atoms with Crippen LogP contribution in [0.4, 0.5) is 17.2 Å². The SMILES string of the molecule is O=C(Cc1ccc(Br)cc1)Nc1ccc(Nc2ccccc2)nc1. The van der Waals surface area contributed by atoms with Crippen LogP contribution in [0.5, 0.6) is 0 Å². The van der Waals surface area contributed by atoms with Gasteiger partial charge in [0.15, 0.2) is 0 Å². The first-order valence-electron chi connectivity index (χ1n) is 7.51. The quantitative estimate of drug-likeness (QED) is 0.669. The summed E-state index contributed by atoms with van der Waals surface area (Å²) in [5.41, 5.74) is 2.61. The number of benzene rings is 2. The zero-order valence-electron chi connectivity index (χ0n) is 12.9. The van der Waals surface area contributed by atoms with Gasteiger partial charge in [-0.3, -0.25) is 4.79 Å². The molecule has 3 aromatic rings. The number of anilines is 3. The monoisotopic (exact) mass is 381 g/mol. The molecule has 0 atom stereocenters. The molecule has 0 radical (unpaired) electrons. The zero-order chi connectivity index (χ0) is 16.8. The summed E-state index contributed by atoms with van der Waals surface area (Å²) in [5.74, 6) is 0.662. The molecule has 3 rings (SSSR count). The molecule has 0 aliphatic heterocycles. The third kappa shape index (κ3) is 4.67. The van der Waals surface area contributed by atoms with Gasteiger partial charge < -0.3 is 10.6 Å². The van der Waals surface area contributed by atoms with Crippen LogP contribution in [-0.2, 0) is 11.2 Å². The van der Waals surface area contributed by atoms with Gasteiger partial charge in [0.1, 0.15) is 5.82 Å². The van der Waals surface area contributed by atoms with Gasteiger partial charge in [-0.15, -0.1) is 0 Å². The first-order chi connectivity index (χ1) is 11.7. The van der Waals surface area contributed by atoms with Crippen LogP contribution in [0, 0.1) is 0 Å². The van der Waals surface area contributed by atoms with E-state index in [2.05, 4.69) is 31.5 Å². The smallest absolute Gasteiger partial charge is 0.228 e. The molecule has 0 saturated carbocycles. The van der Waals surface area contributed by atoms with E-state index in [1.165, 1.54) is 0 Å². The van der Waals surface area contributed by atoms with E-state index in [1.54, 1.807) is 6.20 Å². The summed E-state index contributed by atoms with van der Waals surface area (Å²) in [6.45, 7) is 0. The van der Waals surface area contributed by atoms with Gasteiger partial charge in [-0.2, -0.15) is 0 Å². The van der Waals surface area contributed by atoms with Crippen LogP contribution in [0.3, 0.4) is 0 Å². The molecule has 2 aromatic carbocycles. The number of hydrogen-bond donors (Lipinski definition) is 2. The van der Waals surface area contributed by atoms with E-state index in [0.29, 0.717) is 12.1 Å². The molecule has 0 aliphatic rings. The Labute approximate surface area is 149 Å². The average Bonchev–Trinajstić information content (AvgIpc) is 2.60. The molecule has 0 bridgehead atoms. The second kappa shape index (κ2) is 7.75. The second-order valence-electron chi connectivity index (χ2n) is 5.27. The summed E-state index contributed by atoms with van der Waals surface area (Å²) in [6, 6.07) is 21.2. The summed E-state index contributed by atoms with van der Waals surface area (Å²) >= 11 is 3.38. The molecule has 0 aliphatic carbocycles. The summed E-state index contributed by atoms with van der Waals surface area (Å²) in [5, 5.41) is 6.06. The Kier molecular flexibility index (Phi) is 5.23. The second-order valence-corrected chi connectivity index (χ2v) is 6.19. The normalized spacial score (nSPS) is 10.2. The number of pyridine rings is 1. The number of amides is 1. The van der Waals surface area contributed by atoms with E-state index in [4.69, 9.17) is 0 Å². The van der Waals surface area contributed by atoms with Gasteiger partial charge in [-0.05, 0) is 42.0 Å². The highest BCUT2D eigenvalue weighted by Crippen LogP contribution is 2.16. The fourth-order valence-electron chi connectivity index (χ4n) is 2.20. The standard InChI is InChI=1S/C19H16BrN3O/c20-15-8-6-14(7-9-15)12-19(24)23-17-10-11-18(21-13-17)22-16-4-2-1-3-5-16/h1-11,13H,12H2,(H,21,22)(H,23,24). The molecule has 1 amide bonds. The van der Waals surface area contributed by atoms with E-state index in [-0.39, 0.29) is 5.91 Å². The van der Waals surface area contributed by atoms with E-state index in [1.807, 2.05) is 66.7 Å². The number of aromatic nitrogens is 1. The number of carbonyl (C=O) groups excluding carboxylic acids is 1. The highest BCUT2D eigenvalue weighted by molar-refractivity contribution is 9.10. The minimum Gasteiger partial charge on any atom is -0.340 e. The number of nitrogens with one attached hydrogen (secondary N) is 2. The van der Waals surface area contributed by atoms with Crippen molar-refractivity contribution >= 4 is 39.0 Å². The van der Waals surface area contributed by atoms with E-state index < -0.39 is 0 Å². The molecule has 1 aromatic heterocycles. The van der Waals surface area contributed by atoms with Gasteiger partial charge in [-0.1, -0.05) is 46.3 Å². The third-order valence-corrected chi connectivity index (χ3v) is 3.90. The molecule has 4 nitrogen and oxygen atoms in total. The predicted octanol–water partition coefficient (Wildman–Crippen LogP) is 4.77. The predicted molar refractivity (Wildman–Crippen MR) is 100 cm³/mol. The van der Waals surface area contributed by atoms with Gasteiger partial charge in [0, 0.05) is 10.2 Å². The lowest BCUT2D eigenvalue weighted by Gasteiger charge is -2.08. The number of hydrogen-bond acceptors (Lipinski definition) is 3. The Bertz CT molecular complexity index is 802. The van der Waals surface area contributed by atoms with E-state index >= 15 is 0 Å². The summed E-state index contributed by atoms with van der Waals surface area (Å²) < 4.78 is 0.998. The first-order valence-corrected chi connectivity index (χ1v) is 8.31. The molecule has 120 valence electrons. The lowest BCUT2D eigenvalue weighted by atomic mass is 10.1. The van der Waals surface area contributed by atoms with Crippen molar-refractivity contribution in [3.63, 3.8) is 0 Å². The molecule has 0 fully saturated rings. The Morgan fingerprint density at radius 1 is 0.917 bits per heavy atom. The van der Waals surface area contributed by atoms with Crippen LogP contribution in [0.15, 0.2) is 77.4 Å². The fourth-order valence-corrected chi connectivity index (χ4v) is 2.47. The lowest BCUT2D eigenvalue weighted by molar-refractivity contribution is -0.115. The number of halogens is 1. The molecule has 0 saturated heterocycles. The van der Waals surface area contributed by atoms with Gasteiger partial charge in [0.25, 0.3) is 0 Å². The highest BCUT2D eigenvalue weighted by atomic mass is 79.9. The number of rotatable bonds is 5. The van der Waals surface area contributed by atoms with Gasteiger partial charge in [-0.25, -0.2) is 4.98 Å². The number of para-hydroxylation sites is 1. The van der Waals surface area contributed by atoms with Crippen LogP contribution in [0.2, 0.25) is 0 Å². The Hall–Kier alpha value is -2.66. The third-order valence-electron chi connectivity index (χ3n) is 3.37. The maximum atomic E-state index is 12.1. The molecule has 1 heterocycles. The maximum absolute atomic E-state index is 12.1. The molecular formula is C19H16BrN3O. The molecule has 0 unspecified atom stereocenters. The van der Waals surface area contributed by atoms with Crippen molar-refractivity contribution < 1.29 is 4.79 Å². The summed E-state index contributed by atoms with van der Waals surface area (Å²) in [4.78, 5) is 16.4. The van der Waals surface area contributed by atoms with Crippen LogP contribution in [-0.4, -0.2) is 10.9 Å². The summed E-state index contributed by atoms with van der Waals surface area (Å²) in [7, 11) is 0. The Morgan fingerprint density at radius 2 is 1.67 bits per heavy atom. The molecule has 5 heteroatoms. The van der Waals surface area contributed by atoms with Crippen LogP contribution in [0.1, 0.15) is 5.56 Å². The van der Waals surface area contributed by atoms with Crippen molar-refractivity contribution in [2.24, 2.45) is 0 Å². The minimum atomic E-state index is -0.0668. The molecular weight excluding hydrogens is 366 g/mol. The van der Waals surface area contributed by atoms with Gasteiger partial charge in [0.05, 0.1) is 18.3 Å². The minimum absolute atomic E-state index is 0.0668. The van der Waals surface area contributed by atoms with E-state index in [0.717, 1.165) is 21.5 Å². The highest BCUT2D eigenvalue weighted by Gasteiger charge is 2.05. The molecule has 24 heavy (non-hydrogen) atoms. The first kappa shape index (κ1) is 16.2. The van der Waals surface area contributed by atoms with Crippen molar-refractivity contribution in [3.05, 3.63) is 83.0 Å². The molecule has 2 N–H and O–H groups in total. The van der Waals surface area contributed by atoms with Gasteiger partial charge >= 0.3 is 0 Å². The molecule has 0 spiro atoms. The van der Waals surface area contributed by atoms with Crippen LogP contribution >= 0.6 is 15.9 Å². The topological polar surface area (TPSA) is 54.0 Å². The average molecular weight is 382 g/mol.